The SMILES string of the molecule is CO[C@@H]1CN(C(=O)Nc2ccc3c(c2)C(=O)CCC3)CC[C@H]1C. The minimum Gasteiger partial charge on any atom is -0.379 e. The number of nitrogens with one attached hydrogen (secondary N) is 1. The number of anilines is 1. The third kappa shape index (κ3) is 3.39. The number of nitrogens with zero attached hydrogens (tertiary/aromatic N) is 1. The Labute approximate surface area is 137 Å². The van der Waals surface area contributed by atoms with Crippen molar-refractivity contribution in [2.45, 2.75) is 38.7 Å². The fourth-order valence-electron chi connectivity index (χ4n) is 3.43. The number of aryl methyl sites for hydroxylation is 1. The van der Waals surface area contributed by atoms with Gasteiger partial charge in [0.15, 0.2) is 5.78 Å². The Hall–Kier alpha value is -1.88. The van der Waals surface area contributed by atoms with Crippen LogP contribution in [0.1, 0.15) is 42.1 Å². The molecule has 1 N–H and O–H groups in total. The molecule has 0 unspecified atom stereocenters. The van der Waals surface area contributed by atoms with Gasteiger partial charge >= 0.3 is 6.03 Å². The van der Waals surface area contributed by atoms with Crippen LogP contribution >= 0.6 is 0 Å². The van der Waals surface area contributed by atoms with Crippen molar-refractivity contribution in [3.63, 3.8) is 0 Å². The van der Waals surface area contributed by atoms with Gasteiger partial charge < -0.3 is 15.0 Å². The molecular formula is C18H24N2O3. The molecule has 0 spiro atoms. The van der Waals surface area contributed by atoms with Crippen molar-refractivity contribution in [3.8, 4) is 0 Å². The number of methoxy groups -OCH3 is 1. The van der Waals surface area contributed by atoms with E-state index < -0.39 is 0 Å². The number of carbonyl (C=O) groups excluding carboxylic acids is 2. The maximum absolute atomic E-state index is 12.5. The van der Waals surface area contributed by atoms with E-state index in [0.29, 0.717) is 24.6 Å². The molecule has 124 valence electrons. The van der Waals surface area contributed by atoms with Crippen LogP contribution in [0.2, 0.25) is 0 Å². The topological polar surface area (TPSA) is 58.6 Å². The zero-order valence-electron chi connectivity index (χ0n) is 13.8. The van der Waals surface area contributed by atoms with Gasteiger partial charge in [-0.05, 0) is 42.9 Å². The second-order valence-corrected chi connectivity index (χ2v) is 6.56. The molecule has 1 aromatic carbocycles. The first-order valence-electron chi connectivity index (χ1n) is 8.33. The highest BCUT2D eigenvalue weighted by molar-refractivity contribution is 6.00. The number of benzene rings is 1. The zero-order chi connectivity index (χ0) is 16.4. The summed E-state index contributed by atoms with van der Waals surface area (Å²) in [5.74, 6) is 0.638. The van der Waals surface area contributed by atoms with E-state index in [9.17, 15) is 9.59 Å². The lowest BCUT2D eigenvalue weighted by molar-refractivity contribution is 0.00896. The van der Waals surface area contributed by atoms with E-state index in [4.69, 9.17) is 4.74 Å². The van der Waals surface area contributed by atoms with Gasteiger partial charge in [0, 0.05) is 37.9 Å². The number of urea groups is 1. The Kier molecular flexibility index (Phi) is 4.66. The van der Waals surface area contributed by atoms with Gasteiger partial charge in [0.2, 0.25) is 0 Å². The Morgan fingerprint density at radius 3 is 2.96 bits per heavy atom. The van der Waals surface area contributed by atoms with Crippen molar-refractivity contribution in [1.82, 2.24) is 4.90 Å². The second kappa shape index (κ2) is 6.71. The predicted octanol–water partition coefficient (Wildman–Crippen LogP) is 3.09. The van der Waals surface area contributed by atoms with Gasteiger partial charge in [0.25, 0.3) is 0 Å². The lowest BCUT2D eigenvalue weighted by Crippen LogP contribution is -2.48. The molecular weight excluding hydrogens is 292 g/mol. The standard InChI is InChI=1S/C18H24N2O3/c1-12-8-9-20(11-17(12)23-2)18(22)19-14-7-6-13-4-3-5-16(21)15(13)10-14/h6-7,10,12,17H,3-5,8-9,11H2,1-2H3,(H,19,22)/t12-,17-/m1/s1. The summed E-state index contributed by atoms with van der Waals surface area (Å²) in [6.45, 7) is 3.49. The monoisotopic (exact) mass is 316 g/mol. The molecule has 23 heavy (non-hydrogen) atoms. The quantitative estimate of drug-likeness (QED) is 0.912. The first kappa shape index (κ1) is 16.0. The molecule has 1 aliphatic carbocycles. The predicted molar refractivity (Wildman–Crippen MR) is 88.9 cm³/mol. The Morgan fingerprint density at radius 2 is 2.17 bits per heavy atom. The number of hydrogen-bond acceptors (Lipinski definition) is 3. The third-order valence-electron chi connectivity index (χ3n) is 4.99. The number of Topliss-reactive ketones (excluding diaryl/α,β-unsaturated/α-hetero) is 1. The van der Waals surface area contributed by atoms with E-state index in [0.717, 1.165) is 36.9 Å². The number of amides is 2. The summed E-state index contributed by atoms with van der Waals surface area (Å²) in [7, 11) is 1.69. The van der Waals surface area contributed by atoms with E-state index in [2.05, 4.69) is 12.2 Å². The maximum atomic E-state index is 12.5. The van der Waals surface area contributed by atoms with Gasteiger partial charge in [-0.2, -0.15) is 0 Å². The molecule has 5 heteroatoms. The van der Waals surface area contributed by atoms with Crippen LogP contribution in [0.15, 0.2) is 18.2 Å². The van der Waals surface area contributed by atoms with Gasteiger partial charge in [-0.1, -0.05) is 13.0 Å². The molecule has 0 bridgehead atoms. The van der Waals surface area contributed by atoms with E-state index in [1.165, 1.54) is 0 Å². The minimum absolute atomic E-state index is 0.0830. The number of likely N-dealkylation sites (tertiary alicyclic amines) is 1. The average Bonchev–Trinajstić information content (AvgIpc) is 2.56. The van der Waals surface area contributed by atoms with Crippen molar-refractivity contribution in [2.24, 2.45) is 5.92 Å². The van der Waals surface area contributed by atoms with Crippen LogP contribution in [-0.2, 0) is 11.2 Å². The summed E-state index contributed by atoms with van der Waals surface area (Å²) in [6, 6.07) is 5.53. The second-order valence-electron chi connectivity index (χ2n) is 6.56. The third-order valence-corrected chi connectivity index (χ3v) is 4.99. The molecule has 2 atom stereocenters. The fourth-order valence-corrected chi connectivity index (χ4v) is 3.43. The lowest BCUT2D eigenvalue weighted by atomic mass is 9.90. The lowest BCUT2D eigenvalue weighted by Gasteiger charge is -2.36. The van der Waals surface area contributed by atoms with E-state index in [1.807, 2.05) is 18.2 Å². The number of ether oxygens (including phenoxy) is 1. The van der Waals surface area contributed by atoms with Crippen molar-refractivity contribution in [2.75, 3.05) is 25.5 Å². The molecule has 1 fully saturated rings. The van der Waals surface area contributed by atoms with E-state index in [-0.39, 0.29) is 17.9 Å². The molecule has 1 saturated heterocycles. The molecule has 0 saturated carbocycles. The number of carbonyl (C=O) groups is 2. The molecule has 1 heterocycles. The van der Waals surface area contributed by atoms with E-state index in [1.54, 1.807) is 12.0 Å². The molecule has 0 aromatic heterocycles. The summed E-state index contributed by atoms with van der Waals surface area (Å²) >= 11 is 0. The van der Waals surface area contributed by atoms with Crippen LogP contribution in [0, 0.1) is 5.92 Å². The van der Waals surface area contributed by atoms with Crippen LogP contribution in [0.5, 0.6) is 0 Å². The molecule has 2 aliphatic rings. The molecule has 1 aliphatic heterocycles. The van der Waals surface area contributed by atoms with Crippen LogP contribution in [0.4, 0.5) is 10.5 Å². The van der Waals surface area contributed by atoms with Crippen LogP contribution in [0.3, 0.4) is 0 Å². The maximum Gasteiger partial charge on any atom is 0.321 e. The molecule has 3 rings (SSSR count). The van der Waals surface area contributed by atoms with Gasteiger partial charge in [-0.15, -0.1) is 0 Å². The van der Waals surface area contributed by atoms with Gasteiger partial charge in [0.05, 0.1) is 6.10 Å². The van der Waals surface area contributed by atoms with Crippen molar-refractivity contribution in [1.29, 1.82) is 0 Å². The summed E-state index contributed by atoms with van der Waals surface area (Å²) in [6.07, 6.45) is 3.48. The fraction of sp³-hybridized carbons (Fsp3) is 0.556. The summed E-state index contributed by atoms with van der Waals surface area (Å²) < 4.78 is 5.46. The molecule has 1 aromatic rings. The molecule has 5 nitrogen and oxygen atoms in total. The van der Waals surface area contributed by atoms with Crippen LogP contribution in [0.25, 0.3) is 0 Å². The number of piperidine rings is 1. The first-order chi connectivity index (χ1) is 11.1. The van der Waals surface area contributed by atoms with Gasteiger partial charge in [-0.3, -0.25) is 4.79 Å². The van der Waals surface area contributed by atoms with Crippen molar-refractivity contribution >= 4 is 17.5 Å². The first-order valence-corrected chi connectivity index (χ1v) is 8.33. The van der Waals surface area contributed by atoms with Crippen LogP contribution < -0.4 is 5.32 Å². The Bertz CT molecular complexity index is 614. The Morgan fingerprint density at radius 1 is 1.35 bits per heavy atom. The minimum atomic E-state index is -0.123. The molecule has 2 amide bonds. The number of fused-ring (bicyclic) bond motifs is 1. The van der Waals surface area contributed by atoms with Gasteiger partial charge in [-0.25, -0.2) is 4.79 Å². The smallest absolute Gasteiger partial charge is 0.321 e. The summed E-state index contributed by atoms with van der Waals surface area (Å²) in [4.78, 5) is 26.3. The zero-order valence-corrected chi connectivity index (χ0v) is 13.8. The highest BCUT2D eigenvalue weighted by atomic mass is 16.5. The largest absolute Gasteiger partial charge is 0.379 e. The average molecular weight is 316 g/mol. The number of ketones is 1. The van der Waals surface area contributed by atoms with Crippen molar-refractivity contribution < 1.29 is 14.3 Å². The highest BCUT2D eigenvalue weighted by Gasteiger charge is 2.29. The molecule has 0 radical (unpaired) electrons. The highest BCUT2D eigenvalue weighted by Crippen LogP contribution is 2.25. The summed E-state index contributed by atoms with van der Waals surface area (Å²) in [5.41, 5.74) is 2.54. The van der Waals surface area contributed by atoms with E-state index >= 15 is 0 Å². The number of rotatable bonds is 2. The Balaban J connectivity index is 1.68. The summed E-state index contributed by atoms with van der Waals surface area (Å²) in [5, 5.41) is 2.92. The van der Waals surface area contributed by atoms with Crippen LogP contribution in [-0.4, -0.2) is 43.0 Å². The normalized spacial score (nSPS) is 24.3. The van der Waals surface area contributed by atoms with Crippen molar-refractivity contribution in [3.05, 3.63) is 29.3 Å². The van der Waals surface area contributed by atoms with Gasteiger partial charge in [0.1, 0.15) is 0 Å². The number of hydrogen-bond donors (Lipinski definition) is 1.